The summed E-state index contributed by atoms with van der Waals surface area (Å²) in [6, 6.07) is 28.3. The molecular formula is C29H24Br2N2O4. The largest absolute Gasteiger partial charge is 0.493 e. The van der Waals surface area contributed by atoms with Crippen molar-refractivity contribution >= 4 is 44.0 Å². The van der Waals surface area contributed by atoms with Crippen molar-refractivity contribution in [2.24, 2.45) is 5.10 Å². The first-order valence-electron chi connectivity index (χ1n) is 11.4. The fraction of sp³-hybridized carbons (Fsp3) is 0.103. The molecule has 188 valence electrons. The Bertz CT molecular complexity index is 1380. The highest BCUT2D eigenvalue weighted by atomic mass is 79.9. The fourth-order valence-corrected chi connectivity index (χ4v) is 4.04. The molecule has 0 unspecified atom stereocenters. The molecule has 0 atom stereocenters. The van der Waals surface area contributed by atoms with Gasteiger partial charge < -0.3 is 14.2 Å². The van der Waals surface area contributed by atoms with Gasteiger partial charge in [0.1, 0.15) is 19.0 Å². The third-order valence-corrected chi connectivity index (χ3v) is 6.33. The number of hydrogen-bond acceptors (Lipinski definition) is 5. The first-order chi connectivity index (χ1) is 18.0. The summed E-state index contributed by atoms with van der Waals surface area (Å²) in [5.74, 6) is 1.61. The molecule has 6 nitrogen and oxygen atoms in total. The van der Waals surface area contributed by atoms with Crippen molar-refractivity contribution in [1.82, 2.24) is 5.43 Å². The van der Waals surface area contributed by atoms with Crippen LogP contribution in [0.4, 0.5) is 0 Å². The average molecular weight is 624 g/mol. The standard InChI is InChI=1S/C29H24Br2N2O4/c1-35-28-15-21(7-13-27(28)37-18-20-5-3-2-4-6-20)19-36-26-14-12-25(31)16-23(26)17-32-33-29(34)22-8-10-24(30)11-9-22/h2-17H,18-19H2,1H3,(H,33,34)/b32-17+. The Balaban J connectivity index is 1.40. The van der Waals surface area contributed by atoms with Crippen LogP contribution in [0.2, 0.25) is 0 Å². The van der Waals surface area contributed by atoms with Gasteiger partial charge in [-0.1, -0.05) is 68.3 Å². The van der Waals surface area contributed by atoms with Crippen molar-refractivity contribution in [2.45, 2.75) is 13.2 Å². The Morgan fingerprint density at radius 1 is 0.784 bits per heavy atom. The highest BCUT2D eigenvalue weighted by Crippen LogP contribution is 2.30. The molecule has 1 N–H and O–H groups in total. The molecule has 0 aliphatic carbocycles. The summed E-state index contributed by atoms with van der Waals surface area (Å²) in [4.78, 5) is 12.3. The second kappa shape index (κ2) is 13.1. The molecule has 0 aliphatic rings. The van der Waals surface area contributed by atoms with E-state index in [0.29, 0.717) is 41.6 Å². The van der Waals surface area contributed by atoms with Gasteiger partial charge in [-0.05, 0) is 65.7 Å². The van der Waals surface area contributed by atoms with Crippen molar-refractivity contribution in [2.75, 3.05) is 7.11 Å². The second-order valence-corrected chi connectivity index (χ2v) is 9.77. The molecule has 0 saturated heterocycles. The van der Waals surface area contributed by atoms with E-state index in [-0.39, 0.29) is 5.91 Å². The number of methoxy groups -OCH3 is 1. The summed E-state index contributed by atoms with van der Waals surface area (Å²) in [6.45, 7) is 0.760. The Kier molecular flexibility index (Phi) is 9.35. The maximum Gasteiger partial charge on any atom is 0.271 e. The van der Waals surface area contributed by atoms with Gasteiger partial charge >= 0.3 is 0 Å². The first-order valence-corrected chi connectivity index (χ1v) is 13.0. The van der Waals surface area contributed by atoms with Crippen LogP contribution in [-0.4, -0.2) is 19.2 Å². The van der Waals surface area contributed by atoms with Crippen molar-refractivity contribution in [3.8, 4) is 17.2 Å². The number of nitrogens with one attached hydrogen (secondary N) is 1. The zero-order valence-corrected chi connectivity index (χ0v) is 23.2. The van der Waals surface area contributed by atoms with Gasteiger partial charge in [-0.3, -0.25) is 4.79 Å². The molecule has 0 aliphatic heterocycles. The molecule has 4 aromatic rings. The third-order valence-electron chi connectivity index (χ3n) is 5.31. The van der Waals surface area contributed by atoms with E-state index in [1.165, 1.54) is 0 Å². The quantitative estimate of drug-likeness (QED) is 0.151. The molecule has 0 radical (unpaired) electrons. The maximum atomic E-state index is 12.3. The lowest BCUT2D eigenvalue weighted by atomic mass is 10.2. The van der Waals surface area contributed by atoms with Crippen LogP contribution < -0.4 is 19.6 Å². The summed E-state index contributed by atoms with van der Waals surface area (Å²) in [7, 11) is 1.61. The van der Waals surface area contributed by atoms with Gasteiger partial charge in [0.15, 0.2) is 11.5 Å². The third kappa shape index (κ3) is 7.68. The van der Waals surface area contributed by atoms with Crippen LogP contribution in [0.25, 0.3) is 0 Å². The van der Waals surface area contributed by atoms with Crippen molar-refractivity contribution in [3.05, 3.63) is 122 Å². The van der Waals surface area contributed by atoms with Crippen LogP contribution >= 0.6 is 31.9 Å². The average Bonchev–Trinajstić information content (AvgIpc) is 2.92. The fourth-order valence-electron chi connectivity index (χ4n) is 3.40. The number of rotatable bonds is 10. The van der Waals surface area contributed by atoms with Crippen LogP contribution in [0.1, 0.15) is 27.0 Å². The Morgan fingerprint density at radius 3 is 2.22 bits per heavy atom. The minimum atomic E-state index is -0.303. The summed E-state index contributed by atoms with van der Waals surface area (Å²) in [5, 5.41) is 4.11. The lowest BCUT2D eigenvalue weighted by Gasteiger charge is -2.14. The van der Waals surface area contributed by atoms with Crippen LogP contribution in [-0.2, 0) is 13.2 Å². The predicted octanol–water partition coefficient (Wildman–Crippen LogP) is 7.14. The number of hydrogen-bond donors (Lipinski definition) is 1. The van der Waals surface area contributed by atoms with E-state index in [0.717, 1.165) is 20.1 Å². The van der Waals surface area contributed by atoms with E-state index in [2.05, 4.69) is 42.4 Å². The number of amides is 1. The highest BCUT2D eigenvalue weighted by Gasteiger charge is 2.09. The molecule has 0 saturated carbocycles. The summed E-state index contributed by atoms with van der Waals surface area (Å²) in [6.07, 6.45) is 1.55. The van der Waals surface area contributed by atoms with E-state index >= 15 is 0 Å². The maximum absolute atomic E-state index is 12.3. The normalized spacial score (nSPS) is 10.8. The van der Waals surface area contributed by atoms with Gasteiger partial charge in [0, 0.05) is 20.1 Å². The van der Waals surface area contributed by atoms with Crippen molar-refractivity contribution < 1.29 is 19.0 Å². The molecule has 4 rings (SSSR count). The SMILES string of the molecule is COc1cc(COc2ccc(Br)cc2/C=N/NC(=O)c2ccc(Br)cc2)ccc1OCc1ccccc1. The van der Waals surface area contributed by atoms with Crippen LogP contribution in [0.3, 0.4) is 0 Å². The smallest absolute Gasteiger partial charge is 0.271 e. The van der Waals surface area contributed by atoms with Gasteiger partial charge in [0.25, 0.3) is 5.91 Å². The molecule has 0 heterocycles. The molecule has 1 amide bonds. The Labute approximate surface area is 232 Å². The molecule has 0 spiro atoms. The lowest BCUT2D eigenvalue weighted by molar-refractivity contribution is 0.0955. The molecule has 4 aromatic carbocycles. The monoisotopic (exact) mass is 622 g/mol. The van der Waals surface area contributed by atoms with Gasteiger partial charge in [-0.2, -0.15) is 5.10 Å². The minimum absolute atomic E-state index is 0.303. The molecule has 37 heavy (non-hydrogen) atoms. The molecule has 0 bridgehead atoms. The number of carbonyl (C=O) groups is 1. The summed E-state index contributed by atoms with van der Waals surface area (Å²) in [5.41, 5.74) is 5.76. The van der Waals surface area contributed by atoms with Crippen molar-refractivity contribution in [3.63, 3.8) is 0 Å². The van der Waals surface area contributed by atoms with Gasteiger partial charge in [-0.25, -0.2) is 5.43 Å². The van der Waals surface area contributed by atoms with Crippen LogP contribution in [0, 0.1) is 0 Å². The van der Waals surface area contributed by atoms with Gasteiger partial charge in [0.2, 0.25) is 0 Å². The molecular weight excluding hydrogens is 600 g/mol. The number of hydrazone groups is 1. The van der Waals surface area contributed by atoms with Crippen LogP contribution in [0.5, 0.6) is 17.2 Å². The van der Waals surface area contributed by atoms with E-state index in [4.69, 9.17) is 14.2 Å². The highest BCUT2D eigenvalue weighted by molar-refractivity contribution is 9.10. The van der Waals surface area contributed by atoms with E-state index < -0.39 is 0 Å². The molecule has 0 fully saturated rings. The molecule has 8 heteroatoms. The Hall–Kier alpha value is -3.62. The first kappa shape index (κ1) is 26.4. The minimum Gasteiger partial charge on any atom is -0.493 e. The van der Waals surface area contributed by atoms with E-state index in [9.17, 15) is 4.79 Å². The number of ether oxygens (including phenoxy) is 3. The summed E-state index contributed by atoms with van der Waals surface area (Å²) >= 11 is 6.83. The zero-order valence-electron chi connectivity index (χ0n) is 20.0. The number of carbonyl (C=O) groups excluding carboxylic acids is 1. The van der Waals surface area contributed by atoms with Crippen LogP contribution in [0.15, 0.2) is 105 Å². The number of nitrogens with zero attached hydrogens (tertiary/aromatic N) is 1. The lowest BCUT2D eigenvalue weighted by Crippen LogP contribution is -2.17. The Morgan fingerprint density at radius 2 is 1.46 bits per heavy atom. The number of benzene rings is 4. The zero-order chi connectivity index (χ0) is 26.0. The predicted molar refractivity (Wildman–Crippen MR) is 151 cm³/mol. The van der Waals surface area contributed by atoms with Gasteiger partial charge in [-0.15, -0.1) is 0 Å². The second-order valence-electron chi connectivity index (χ2n) is 7.94. The van der Waals surface area contributed by atoms with E-state index in [1.807, 2.05) is 66.7 Å². The molecule has 0 aromatic heterocycles. The number of halogens is 2. The summed E-state index contributed by atoms with van der Waals surface area (Å²) < 4.78 is 19.3. The van der Waals surface area contributed by atoms with E-state index in [1.54, 1.807) is 37.6 Å². The van der Waals surface area contributed by atoms with Crippen molar-refractivity contribution in [1.29, 1.82) is 0 Å². The topological polar surface area (TPSA) is 69.2 Å². The van der Waals surface area contributed by atoms with Gasteiger partial charge in [0.05, 0.1) is 13.3 Å².